The molecule has 0 atom stereocenters. The molecular weight excluding hydrogens is 400 g/mol. The first-order chi connectivity index (χ1) is 16.3. The molecule has 0 saturated heterocycles. The standard InChI is InChI=1S/C31H57N2/c1-5-9-12-15-18-21-25-28-29(26-22-19-16-13-10-6-2)32-31(24-8-4)33-30(28)27-23-20-17-14-11-7-3/h4-27H2,1-3H3. The van der Waals surface area contributed by atoms with E-state index in [0.29, 0.717) is 0 Å². The van der Waals surface area contributed by atoms with Crippen molar-refractivity contribution in [1.82, 2.24) is 9.97 Å². The van der Waals surface area contributed by atoms with Crippen LogP contribution in [0.3, 0.4) is 0 Å². The van der Waals surface area contributed by atoms with Crippen molar-refractivity contribution in [2.45, 2.75) is 168 Å². The monoisotopic (exact) mass is 457 g/mol. The number of aryl methyl sites for hydroxylation is 3. The quantitative estimate of drug-likeness (QED) is 0.153. The Hall–Kier alpha value is -0.920. The van der Waals surface area contributed by atoms with Crippen LogP contribution in [-0.4, -0.2) is 9.97 Å². The van der Waals surface area contributed by atoms with Crippen molar-refractivity contribution in [3.05, 3.63) is 29.7 Å². The lowest BCUT2D eigenvalue weighted by Gasteiger charge is -2.16. The van der Waals surface area contributed by atoms with E-state index in [-0.39, 0.29) is 0 Å². The smallest absolute Gasteiger partial charge is 0.128 e. The van der Waals surface area contributed by atoms with Crippen LogP contribution in [0.15, 0.2) is 0 Å². The minimum atomic E-state index is 0.893. The van der Waals surface area contributed by atoms with E-state index < -0.39 is 0 Å². The van der Waals surface area contributed by atoms with Gasteiger partial charge in [-0.1, -0.05) is 124 Å². The fourth-order valence-corrected chi connectivity index (χ4v) is 4.84. The lowest BCUT2D eigenvalue weighted by molar-refractivity contribution is 0.583. The third kappa shape index (κ3) is 14.8. The zero-order valence-electron chi connectivity index (χ0n) is 22.9. The molecule has 2 nitrogen and oxygen atoms in total. The van der Waals surface area contributed by atoms with Crippen LogP contribution in [0.1, 0.15) is 166 Å². The van der Waals surface area contributed by atoms with Gasteiger partial charge in [-0.3, -0.25) is 0 Å². The van der Waals surface area contributed by atoms with Gasteiger partial charge in [0, 0.05) is 17.8 Å². The second-order valence-electron chi connectivity index (χ2n) is 10.2. The van der Waals surface area contributed by atoms with Crippen LogP contribution in [-0.2, 0) is 25.7 Å². The average Bonchev–Trinajstić information content (AvgIpc) is 2.82. The highest BCUT2D eigenvalue weighted by molar-refractivity contribution is 5.27. The van der Waals surface area contributed by atoms with Gasteiger partial charge in [0.2, 0.25) is 0 Å². The molecule has 191 valence electrons. The Morgan fingerprint density at radius 2 is 0.818 bits per heavy atom. The van der Waals surface area contributed by atoms with Crippen LogP contribution in [0.25, 0.3) is 0 Å². The molecule has 0 unspecified atom stereocenters. The van der Waals surface area contributed by atoms with Crippen molar-refractivity contribution >= 4 is 0 Å². The Labute approximate surface area is 208 Å². The normalized spacial score (nSPS) is 11.4. The Bertz CT molecular complexity index is 529. The highest BCUT2D eigenvalue weighted by Crippen LogP contribution is 2.22. The first kappa shape index (κ1) is 30.1. The molecule has 0 bridgehead atoms. The van der Waals surface area contributed by atoms with Gasteiger partial charge in [0.1, 0.15) is 5.82 Å². The van der Waals surface area contributed by atoms with Crippen LogP contribution >= 0.6 is 0 Å². The number of hydrogen-bond acceptors (Lipinski definition) is 2. The first-order valence-corrected chi connectivity index (χ1v) is 14.9. The van der Waals surface area contributed by atoms with Crippen molar-refractivity contribution in [3.63, 3.8) is 0 Å². The maximum atomic E-state index is 5.10. The van der Waals surface area contributed by atoms with Crippen LogP contribution < -0.4 is 0 Å². The molecule has 1 radical (unpaired) electrons. The van der Waals surface area contributed by atoms with Crippen molar-refractivity contribution in [3.8, 4) is 0 Å². The maximum absolute atomic E-state index is 5.10. The van der Waals surface area contributed by atoms with Crippen molar-refractivity contribution in [2.75, 3.05) is 0 Å². The van der Waals surface area contributed by atoms with E-state index in [4.69, 9.17) is 9.97 Å². The number of nitrogens with zero attached hydrogens (tertiary/aromatic N) is 2. The van der Waals surface area contributed by atoms with Crippen LogP contribution in [0.2, 0.25) is 0 Å². The Morgan fingerprint density at radius 1 is 0.455 bits per heavy atom. The second-order valence-corrected chi connectivity index (χ2v) is 10.2. The summed E-state index contributed by atoms with van der Waals surface area (Å²) in [4.78, 5) is 10.2. The van der Waals surface area contributed by atoms with E-state index >= 15 is 0 Å². The number of rotatable bonds is 23. The molecule has 0 aliphatic heterocycles. The van der Waals surface area contributed by atoms with Gasteiger partial charge in [-0.15, -0.1) is 0 Å². The largest absolute Gasteiger partial charge is 0.238 e. The molecule has 33 heavy (non-hydrogen) atoms. The Morgan fingerprint density at radius 3 is 1.21 bits per heavy atom. The summed E-state index contributed by atoms with van der Waals surface area (Å²) in [5, 5.41) is 0. The summed E-state index contributed by atoms with van der Waals surface area (Å²) in [6.45, 7) is 11.0. The molecule has 1 rings (SSSR count). The predicted molar refractivity (Wildman–Crippen MR) is 147 cm³/mol. The third-order valence-corrected chi connectivity index (χ3v) is 6.94. The summed E-state index contributed by atoms with van der Waals surface area (Å²) in [6, 6.07) is 0. The summed E-state index contributed by atoms with van der Waals surface area (Å²) in [5.74, 6) is 1.05. The average molecular weight is 458 g/mol. The van der Waals surface area contributed by atoms with Crippen LogP contribution in [0.5, 0.6) is 0 Å². The van der Waals surface area contributed by atoms with E-state index in [0.717, 1.165) is 31.5 Å². The van der Waals surface area contributed by atoms with Gasteiger partial charge in [0.05, 0.1) is 0 Å². The first-order valence-electron chi connectivity index (χ1n) is 14.9. The molecule has 1 aromatic rings. The Balaban J connectivity index is 2.81. The van der Waals surface area contributed by atoms with Crippen molar-refractivity contribution in [2.24, 2.45) is 0 Å². The second kappa shape index (κ2) is 21.6. The highest BCUT2D eigenvalue weighted by atomic mass is 14.9. The summed E-state index contributed by atoms with van der Waals surface area (Å²) >= 11 is 0. The van der Waals surface area contributed by atoms with E-state index in [9.17, 15) is 0 Å². The SMILES string of the molecule is [CH2]CCc1nc(CCCCCCCC)c(CCCCCCCC)c(CCCCCCCC)n1. The van der Waals surface area contributed by atoms with E-state index in [1.807, 2.05) is 0 Å². The number of unbranched alkanes of at least 4 members (excludes halogenated alkanes) is 15. The lowest BCUT2D eigenvalue weighted by Crippen LogP contribution is -2.11. The summed E-state index contributed by atoms with van der Waals surface area (Å²) in [5.41, 5.74) is 4.30. The molecule has 0 aliphatic carbocycles. The van der Waals surface area contributed by atoms with Gasteiger partial charge < -0.3 is 0 Å². The topological polar surface area (TPSA) is 25.8 Å². The minimum absolute atomic E-state index is 0.893. The van der Waals surface area contributed by atoms with Gasteiger partial charge in [-0.25, -0.2) is 9.97 Å². The molecule has 0 fully saturated rings. The van der Waals surface area contributed by atoms with Gasteiger partial charge >= 0.3 is 0 Å². The zero-order valence-corrected chi connectivity index (χ0v) is 22.9. The molecule has 0 N–H and O–H groups in total. The maximum Gasteiger partial charge on any atom is 0.128 e. The summed E-state index contributed by atoms with van der Waals surface area (Å²) < 4.78 is 0. The van der Waals surface area contributed by atoms with Crippen LogP contribution in [0.4, 0.5) is 0 Å². The minimum Gasteiger partial charge on any atom is -0.238 e. The molecule has 0 amide bonds. The molecule has 0 aliphatic rings. The molecule has 0 spiro atoms. The molecule has 0 aromatic carbocycles. The zero-order chi connectivity index (χ0) is 24.0. The van der Waals surface area contributed by atoms with Gasteiger partial charge in [-0.05, 0) is 50.5 Å². The van der Waals surface area contributed by atoms with E-state index in [2.05, 4.69) is 27.7 Å². The number of hydrogen-bond donors (Lipinski definition) is 0. The Kier molecular flexibility index (Phi) is 19.7. The van der Waals surface area contributed by atoms with E-state index in [1.54, 1.807) is 0 Å². The lowest BCUT2D eigenvalue weighted by atomic mass is 9.96. The summed E-state index contributed by atoms with van der Waals surface area (Å²) in [7, 11) is 0. The van der Waals surface area contributed by atoms with Crippen molar-refractivity contribution in [1.29, 1.82) is 0 Å². The molecule has 2 heteroatoms. The third-order valence-electron chi connectivity index (χ3n) is 6.94. The number of aromatic nitrogens is 2. The van der Waals surface area contributed by atoms with Gasteiger partial charge in [-0.2, -0.15) is 0 Å². The predicted octanol–water partition coefficient (Wildman–Crippen LogP) is 9.95. The highest BCUT2D eigenvalue weighted by Gasteiger charge is 2.14. The molecular formula is C31H57N2. The molecule has 1 aromatic heterocycles. The van der Waals surface area contributed by atoms with Crippen LogP contribution in [0, 0.1) is 6.92 Å². The van der Waals surface area contributed by atoms with Gasteiger partial charge in [0.15, 0.2) is 0 Å². The van der Waals surface area contributed by atoms with E-state index in [1.165, 1.54) is 139 Å². The summed E-state index contributed by atoms with van der Waals surface area (Å²) in [6.07, 6.45) is 29.6. The molecule has 1 heterocycles. The molecule has 0 saturated carbocycles. The fourth-order valence-electron chi connectivity index (χ4n) is 4.84. The van der Waals surface area contributed by atoms with Crippen molar-refractivity contribution < 1.29 is 0 Å². The van der Waals surface area contributed by atoms with Gasteiger partial charge in [0.25, 0.3) is 0 Å². The fraction of sp³-hybridized carbons (Fsp3) is 0.839.